The topological polar surface area (TPSA) is 41.6 Å². The predicted octanol–water partition coefficient (Wildman–Crippen LogP) is 2.93. The lowest BCUT2D eigenvalue weighted by Crippen LogP contribution is -2.41. The van der Waals surface area contributed by atoms with Crippen LogP contribution in [-0.4, -0.2) is 43.6 Å². The van der Waals surface area contributed by atoms with Crippen molar-refractivity contribution in [1.29, 1.82) is 0 Å². The molecule has 1 fully saturated rings. The first kappa shape index (κ1) is 18.6. The second-order valence-corrected chi connectivity index (χ2v) is 6.22. The average Bonchev–Trinajstić information content (AvgIpc) is 3.35. The molecule has 1 saturated carbocycles. The van der Waals surface area contributed by atoms with Crippen molar-refractivity contribution in [1.82, 2.24) is 10.2 Å². The van der Waals surface area contributed by atoms with Crippen molar-refractivity contribution < 1.29 is 22.7 Å². The molecule has 0 spiro atoms. The Balaban J connectivity index is 1.68. The molecule has 1 atom stereocenters. The number of amides is 1. The molecule has 1 aliphatic rings. The predicted molar refractivity (Wildman–Crippen MR) is 84.8 cm³/mol. The highest BCUT2D eigenvalue weighted by molar-refractivity contribution is 5.78. The van der Waals surface area contributed by atoms with E-state index < -0.39 is 11.7 Å². The van der Waals surface area contributed by atoms with E-state index in [1.165, 1.54) is 25.0 Å². The number of rotatable bonds is 8. The van der Waals surface area contributed by atoms with Gasteiger partial charge in [0.2, 0.25) is 5.91 Å². The largest absolute Gasteiger partial charge is 0.492 e. The first-order valence-electron chi connectivity index (χ1n) is 8.04. The van der Waals surface area contributed by atoms with E-state index in [1.54, 1.807) is 0 Å². The van der Waals surface area contributed by atoms with Crippen molar-refractivity contribution in [3.63, 3.8) is 0 Å². The van der Waals surface area contributed by atoms with Gasteiger partial charge in [-0.15, -0.1) is 0 Å². The van der Waals surface area contributed by atoms with Crippen LogP contribution in [0.15, 0.2) is 24.3 Å². The molecule has 1 amide bonds. The van der Waals surface area contributed by atoms with Gasteiger partial charge in [-0.2, -0.15) is 13.2 Å². The molecule has 1 aromatic rings. The number of alkyl halides is 3. The molecule has 134 valence electrons. The van der Waals surface area contributed by atoms with Crippen LogP contribution < -0.4 is 10.1 Å². The van der Waals surface area contributed by atoms with Gasteiger partial charge in [0.25, 0.3) is 0 Å². The van der Waals surface area contributed by atoms with Crippen LogP contribution in [0.5, 0.6) is 5.75 Å². The molecule has 1 unspecified atom stereocenters. The molecule has 0 aliphatic heterocycles. The van der Waals surface area contributed by atoms with Gasteiger partial charge in [0.05, 0.1) is 18.7 Å². The highest BCUT2D eigenvalue weighted by Gasteiger charge is 2.31. The maximum atomic E-state index is 12.6. The Bertz CT molecular complexity index is 559. The summed E-state index contributed by atoms with van der Waals surface area (Å²) in [4.78, 5) is 13.9. The number of carbonyl (C=O) groups is 1. The van der Waals surface area contributed by atoms with Gasteiger partial charge in [-0.3, -0.25) is 9.69 Å². The van der Waals surface area contributed by atoms with E-state index in [-0.39, 0.29) is 24.8 Å². The van der Waals surface area contributed by atoms with Gasteiger partial charge in [0.15, 0.2) is 0 Å². The van der Waals surface area contributed by atoms with Crippen molar-refractivity contribution in [2.45, 2.75) is 32.0 Å². The minimum atomic E-state index is -4.39. The molecule has 1 aromatic carbocycles. The molecule has 0 radical (unpaired) electrons. The summed E-state index contributed by atoms with van der Waals surface area (Å²) in [7, 11) is 1.92. The van der Waals surface area contributed by atoms with Crippen LogP contribution in [-0.2, 0) is 11.0 Å². The number of hydrogen-bond donors (Lipinski definition) is 1. The van der Waals surface area contributed by atoms with Gasteiger partial charge in [-0.05, 0) is 50.9 Å². The number of benzene rings is 1. The number of likely N-dealkylation sites (N-methyl/N-ethyl adjacent to an activating group) is 1. The first-order chi connectivity index (χ1) is 11.3. The van der Waals surface area contributed by atoms with Crippen molar-refractivity contribution in [2.24, 2.45) is 5.92 Å². The quantitative estimate of drug-likeness (QED) is 0.737. The molecule has 0 saturated heterocycles. The van der Waals surface area contributed by atoms with Gasteiger partial charge in [0, 0.05) is 6.04 Å². The minimum absolute atomic E-state index is 0.113. The normalized spacial score (nSPS) is 16.1. The Kier molecular flexibility index (Phi) is 6.10. The second-order valence-electron chi connectivity index (χ2n) is 6.22. The Morgan fingerprint density at radius 2 is 2.12 bits per heavy atom. The molecule has 0 bridgehead atoms. The van der Waals surface area contributed by atoms with E-state index >= 15 is 0 Å². The van der Waals surface area contributed by atoms with E-state index in [1.807, 2.05) is 11.9 Å². The van der Waals surface area contributed by atoms with Crippen LogP contribution in [0.2, 0.25) is 0 Å². The maximum Gasteiger partial charge on any atom is 0.416 e. The number of nitrogens with one attached hydrogen (secondary N) is 1. The molecular weight excluding hydrogens is 321 g/mol. The summed E-state index contributed by atoms with van der Waals surface area (Å²) in [6.45, 7) is 2.79. The van der Waals surface area contributed by atoms with Crippen LogP contribution in [0, 0.1) is 5.92 Å². The zero-order valence-corrected chi connectivity index (χ0v) is 13.9. The van der Waals surface area contributed by atoms with Gasteiger partial charge in [0.1, 0.15) is 12.4 Å². The van der Waals surface area contributed by atoms with Crippen LogP contribution in [0.4, 0.5) is 13.2 Å². The summed E-state index contributed by atoms with van der Waals surface area (Å²) in [6.07, 6.45) is -1.95. The number of hydrogen-bond acceptors (Lipinski definition) is 3. The summed E-state index contributed by atoms with van der Waals surface area (Å²) in [5.41, 5.74) is -0.750. The monoisotopic (exact) mass is 344 g/mol. The number of ether oxygens (including phenoxy) is 1. The molecule has 7 heteroatoms. The fourth-order valence-electron chi connectivity index (χ4n) is 2.49. The van der Waals surface area contributed by atoms with E-state index in [9.17, 15) is 18.0 Å². The van der Waals surface area contributed by atoms with E-state index in [4.69, 9.17) is 4.74 Å². The molecular formula is C17H23F3N2O2. The van der Waals surface area contributed by atoms with E-state index in [0.29, 0.717) is 18.5 Å². The summed E-state index contributed by atoms with van der Waals surface area (Å²) >= 11 is 0. The van der Waals surface area contributed by atoms with Crippen molar-refractivity contribution in [3.8, 4) is 5.75 Å². The molecule has 2 rings (SSSR count). The molecule has 0 heterocycles. The first-order valence-corrected chi connectivity index (χ1v) is 8.04. The summed E-state index contributed by atoms with van der Waals surface area (Å²) in [6, 6.07) is 5.09. The highest BCUT2D eigenvalue weighted by atomic mass is 19.4. The van der Waals surface area contributed by atoms with Gasteiger partial charge in [-0.25, -0.2) is 0 Å². The highest BCUT2D eigenvalue weighted by Crippen LogP contribution is 2.34. The smallest absolute Gasteiger partial charge is 0.416 e. The van der Waals surface area contributed by atoms with Crippen molar-refractivity contribution >= 4 is 5.91 Å². The van der Waals surface area contributed by atoms with E-state index in [2.05, 4.69) is 12.2 Å². The Morgan fingerprint density at radius 3 is 2.75 bits per heavy atom. The van der Waals surface area contributed by atoms with Crippen molar-refractivity contribution in [2.75, 3.05) is 26.7 Å². The SMILES string of the molecule is CC(C1CC1)N(C)CC(=O)NCCOc1cccc(C(F)(F)F)c1. The van der Waals surface area contributed by atoms with Gasteiger partial charge in [-0.1, -0.05) is 6.07 Å². The molecule has 24 heavy (non-hydrogen) atoms. The standard InChI is InChI=1S/C17H23F3N2O2/c1-12(13-6-7-13)22(2)11-16(23)21-8-9-24-15-5-3-4-14(10-15)17(18,19)20/h3-5,10,12-13H,6-9,11H2,1-2H3,(H,21,23). The fraction of sp³-hybridized carbons (Fsp3) is 0.588. The van der Waals surface area contributed by atoms with Gasteiger partial charge < -0.3 is 10.1 Å². The Labute approximate surface area is 140 Å². The summed E-state index contributed by atoms with van der Waals surface area (Å²) in [5, 5.41) is 2.72. The maximum absolute atomic E-state index is 12.6. The number of carbonyl (C=O) groups excluding carboxylic acids is 1. The number of halogens is 3. The molecule has 1 aliphatic carbocycles. The van der Waals surface area contributed by atoms with Crippen LogP contribution in [0.3, 0.4) is 0 Å². The molecule has 0 aromatic heterocycles. The lowest BCUT2D eigenvalue weighted by atomic mass is 10.2. The Hall–Kier alpha value is -1.76. The third-order valence-corrected chi connectivity index (χ3v) is 4.25. The van der Waals surface area contributed by atoms with Crippen LogP contribution in [0.25, 0.3) is 0 Å². The van der Waals surface area contributed by atoms with Gasteiger partial charge >= 0.3 is 6.18 Å². The fourth-order valence-corrected chi connectivity index (χ4v) is 2.49. The summed E-state index contributed by atoms with van der Waals surface area (Å²) < 4.78 is 43.0. The number of nitrogens with zero attached hydrogens (tertiary/aromatic N) is 1. The van der Waals surface area contributed by atoms with Crippen molar-refractivity contribution in [3.05, 3.63) is 29.8 Å². The van der Waals surface area contributed by atoms with Crippen LogP contribution in [0.1, 0.15) is 25.3 Å². The molecule has 4 nitrogen and oxygen atoms in total. The average molecular weight is 344 g/mol. The third kappa shape index (κ3) is 5.70. The molecule has 1 N–H and O–H groups in total. The zero-order chi connectivity index (χ0) is 17.7. The van der Waals surface area contributed by atoms with E-state index in [0.717, 1.165) is 12.1 Å². The second kappa shape index (κ2) is 7.88. The minimum Gasteiger partial charge on any atom is -0.492 e. The Morgan fingerprint density at radius 1 is 1.42 bits per heavy atom. The van der Waals surface area contributed by atoms with Crippen LogP contribution >= 0.6 is 0 Å². The lowest BCUT2D eigenvalue weighted by molar-refractivity contribution is -0.137. The lowest BCUT2D eigenvalue weighted by Gasteiger charge is -2.23. The third-order valence-electron chi connectivity index (χ3n) is 4.25. The zero-order valence-electron chi connectivity index (χ0n) is 13.9. The summed E-state index contributed by atoms with van der Waals surface area (Å²) in [5.74, 6) is 0.711.